The highest BCUT2D eigenvalue weighted by Gasteiger charge is 2.13. The third kappa shape index (κ3) is 4.73. The van der Waals surface area contributed by atoms with Gasteiger partial charge in [0, 0.05) is 17.2 Å². The summed E-state index contributed by atoms with van der Waals surface area (Å²) in [6.45, 7) is -2.87. The van der Waals surface area contributed by atoms with Crippen LogP contribution in [0.2, 0.25) is 0 Å². The summed E-state index contributed by atoms with van der Waals surface area (Å²) in [6, 6.07) is 15.2. The van der Waals surface area contributed by atoms with Gasteiger partial charge in [0.2, 0.25) is 0 Å². The molecule has 0 radical (unpaired) electrons. The minimum atomic E-state index is -2.87. The highest BCUT2D eigenvalue weighted by atomic mass is 32.1. The fourth-order valence-corrected chi connectivity index (χ4v) is 2.78. The highest BCUT2D eigenvalue weighted by molar-refractivity contribution is 7.13. The van der Waals surface area contributed by atoms with Gasteiger partial charge in [0.05, 0.1) is 0 Å². The predicted octanol–water partition coefficient (Wildman–Crippen LogP) is 4.92. The van der Waals surface area contributed by atoms with Gasteiger partial charge in [-0.05, 0) is 29.3 Å². The number of aromatic nitrogens is 1. The molecule has 3 rings (SSSR count). The number of amides is 1. The van der Waals surface area contributed by atoms with Gasteiger partial charge >= 0.3 is 6.61 Å². The first-order chi connectivity index (χ1) is 12.6. The van der Waals surface area contributed by atoms with E-state index in [-0.39, 0.29) is 11.7 Å². The number of carbonyl (C=O) groups is 1. The highest BCUT2D eigenvalue weighted by Crippen LogP contribution is 2.23. The van der Waals surface area contributed by atoms with Crippen LogP contribution in [-0.4, -0.2) is 17.5 Å². The van der Waals surface area contributed by atoms with Crippen molar-refractivity contribution in [1.29, 1.82) is 0 Å². The molecule has 1 amide bonds. The lowest BCUT2D eigenvalue weighted by Gasteiger charge is -2.09. The number of anilines is 1. The summed E-state index contributed by atoms with van der Waals surface area (Å²) < 4.78 is 28.8. The molecule has 2 aromatic carbocycles. The molecule has 132 valence electrons. The lowest BCUT2D eigenvalue weighted by molar-refractivity contribution is -0.111. The van der Waals surface area contributed by atoms with Gasteiger partial charge in [-0.2, -0.15) is 8.78 Å². The molecule has 1 N–H and O–H groups in total. The molecule has 0 fully saturated rings. The number of hydrogen-bond acceptors (Lipinski definition) is 4. The van der Waals surface area contributed by atoms with Crippen molar-refractivity contribution in [2.75, 3.05) is 5.32 Å². The summed E-state index contributed by atoms with van der Waals surface area (Å²) in [5.41, 5.74) is 1.84. The molecule has 0 aliphatic carbocycles. The quantitative estimate of drug-likeness (QED) is 0.493. The second kappa shape index (κ2) is 8.35. The van der Waals surface area contributed by atoms with Crippen molar-refractivity contribution in [1.82, 2.24) is 4.98 Å². The van der Waals surface area contributed by atoms with Crippen LogP contribution in [0, 0.1) is 0 Å². The minimum Gasteiger partial charge on any atom is -0.435 e. The number of alkyl halides is 2. The van der Waals surface area contributed by atoms with Crippen LogP contribution in [-0.2, 0) is 4.79 Å². The van der Waals surface area contributed by atoms with Gasteiger partial charge in [0.1, 0.15) is 5.75 Å². The molecule has 0 saturated carbocycles. The zero-order valence-electron chi connectivity index (χ0n) is 13.4. The Morgan fingerprint density at radius 1 is 1.12 bits per heavy atom. The van der Waals surface area contributed by atoms with E-state index in [1.165, 1.54) is 23.5 Å². The molecule has 0 saturated heterocycles. The van der Waals surface area contributed by atoms with Crippen molar-refractivity contribution in [2.45, 2.75) is 6.61 Å². The van der Waals surface area contributed by atoms with Crippen molar-refractivity contribution in [3.05, 3.63) is 77.3 Å². The number of carbonyl (C=O) groups excluding carboxylic acids is 1. The van der Waals surface area contributed by atoms with Gasteiger partial charge in [-0.25, -0.2) is 4.98 Å². The average molecular weight is 372 g/mol. The van der Waals surface area contributed by atoms with Gasteiger partial charge in [0.25, 0.3) is 5.91 Å². The Bertz CT molecular complexity index is 880. The topological polar surface area (TPSA) is 51.2 Å². The molecule has 4 nitrogen and oxygen atoms in total. The van der Waals surface area contributed by atoms with Crippen LogP contribution in [0.25, 0.3) is 11.6 Å². The van der Waals surface area contributed by atoms with E-state index in [2.05, 4.69) is 15.0 Å². The SMILES string of the molecule is O=C(Nc1nccs1)/C(=C\c1ccc(OC(F)F)cc1)c1ccccc1. The first kappa shape index (κ1) is 17.8. The first-order valence-electron chi connectivity index (χ1n) is 7.64. The Morgan fingerprint density at radius 3 is 2.46 bits per heavy atom. The molecule has 0 atom stereocenters. The van der Waals surface area contributed by atoms with Crippen molar-refractivity contribution in [3.63, 3.8) is 0 Å². The zero-order chi connectivity index (χ0) is 18.4. The molecular formula is C19H14F2N2O2S. The van der Waals surface area contributed by atoms with E-state index in [4.69, 9.17) is 0 Å². The molecule has 0 bridgehead atoms. The molecule has 0 aliphatic heterocycles. The fourth-order valence-electron chi connectivity index (χ4n) is 2.26. The average Bonchev–Trinajstić information content (AvgIpc) is 3.14. The van der Waals surface area contributed by atoms with E-state index in [0.29, 0.717) is 16.3 Å². The summed E-state index contributed by atoms with van der Waals surface area (Å²) in [7, 11) is 0. The molecule has 0 unspecified atom stereocenters. The van der Waals surface area contributed by atoms with E-state index in [1.54, 1.807) is 29.8 Å². The normalized spacial score (nSPS) is 11.4. The number of halogens is 2. The molecule has 26 heavy (non-hydrogen) atoms. The summed E-state index contributed by atoms with van der Waals surface area (Å²) in [5.74, 6) is -0.246. The third-order valence-electron chi connectivity index (χ3n) is 3.40. The van der Waals surface area contributed by atoms with Crippen LogP contribution in [0.1, 0.15) is 11.1 Å². The second-order valence-electron chi connectivity index (χ2n) is 5.16. The summed E-state index contributed by atoms with van der Waals surface area (Å²) in [6.07, 6.45) is 3.29. The summed E-state index contributed by atoms with van der Waals surface area (Å²) in [4.78, 5) is 16.7. The number of thiazole rings is 1. The Labute approximate surface area is 152 Å². The standard InChI is InChI=1S/C19H14F2N2O2S/c20-18(21)25-15-8-6-13(7-9-15)12-16(14-4-2-1-3-5-14)17(24)23-19-22-10-11-26-19/h1-12,18H,(H,22,23,24)/b16-12-. The van der Waals surface area contributed by atoms with Crippen LogP contribution >= 0.6 is 11.3 Å². The van der Waals surface area contributed by atoms with E-state index in [1.807, 2.05) is 30.3 Å². The van der Waals surface area contributed by atoms with Crippen molar-refractivity contribution in [3.8, 4) is 5.75 Å². The van der Waals surface area contributed by atoms with Crippen molar-refractivity contribution in [2.24, 2.45) is 0 Å². The fraction of sp³-hybridized carbons (Fsp3) is 0.0526. The lowest BCUT2D eigenvalue weighted by atomic mass is 10.0. The molecule has 7 heteroatoms. The van der Waals surface area contributed by atoms with Crippen LogP contribution in [0.5, 0.6) is 5.75 Å². The first-order valence-corrected chi connectivity index (χ1v) is 8.52. The Kier molecular flexibility index (Phi) is 5.70. The maximum absolute atomic E-state index is 12.7. The Balaban J connectivity index is 1.89. The Morgan fingerprint density at radius 2 is 1.85 bits per heavy atom. The second-order valence-corrected chi connectivity index (χ2v) is 6.06. The smallest absolute Gasteiger partial charge is 0.387 e. The summed E-state index contributed by atoms with van der Waals surface area (Å²) >= 11 is 1.32. The minimum absolute atomic E-state index is 0.0608. The molecular weight excluding hydrogens is 358 g/mol. The van der Waals surface area contributed by atoms with Gasteiger partial charge < -0.3 is 4.74 Å². The van der Waals surface area contributed by atoms with Crippen LogP contribution < -0.4 is 10.1 Å². The molecule has 3 aromatic rings. The van der Waals surface area contributed by atoms with Gasteiger partial charge in [-0.1, -0.05) is 42.5 Å². The largest absolute Gasteiger partial charge is 0.435 e. The maximum atomic E-state index is 12.7. The zero-order valence-corrected chi connectivity index (χ0v) is 14.2. The lowest BCUT2D eigenvalue weighted by Crippen LogP contribution is -2.13. The van der Waals surface area contributed by atoms with Crippen LogP contribution in [0.4, 0.5) is 13.9 Å². The molecule has 1 aromatic heterocycles. The Hall–Kier alpha value is -3.06. The number of benzene rings is 2. The van der Waals surface area contributed by atoms with Crippen molar-refractivity contribution >= 4 is 34.0 Å². The number of ether oxygens (including phenoxy) is 1. The van der Waals surface area contributed by atoms with E-state index in [0.717, 1.165) is 5.56 Å². The van der Waals surface area contributed by atoms with Gasteiger partial charge in [-0.3, -0.25) is 10.1 Å². The number of hydrogen-bond donors (Lipinski definition) is 1. The van der Waals surface area contributed by atoms with Crippen molar-refractivity contribution < 1.29 is 18.3 Å². The molecule has 0 aliphatic rings. The number of nitrogens with one attached hydrogen (secondary N) is 1. The molecule has 0 spiro atoms. The maximum Gasteiger partial charge on any atom is 0.387 e. The van der Waals surface area contributed by atoms with Crippen LogP contribution in [0.3, 0.4) is 0 Å². The molecule has 1 heterocycles. The monoisotopic (exact) mass is 372 g/mol. The van der Waals surface area contributed by atoms with Gasteiger partial charge in [0.15, 0.2) is 5.13 Å². The van der Waals surface area contributed by atoms with E-state index < -0.39 is 6.61 Å². The summed E-state index contributed by atoms with van der Waals surface area (Å²) in [5, 5.41) is 5.02. The predicted molar refractivity (Wildman–Crippen MR) is 98.1 cm³/mol. The number of nitrogens with zero attached hydrogens (tertiary/aromatic N) is 1. The number of rotatable bonds is 6. The van der Waals surface area contributed by atoms with E-state index in [9.17, 15) is 13.6 Å². The van der Waals surface area contributed by atoms with Crippen LogP contribution in [0.15, 0.2) is 66.2 Å². The third-order valence-corrected chi connectivity index (χ3v) is 4.09. The van der Waals surface area contributed by atoms with Gasteiger partial charge in [-0.15, -0.1) is 11.3 Å². The van der Waals surface area contributed by atoms with E-state index >= 15 is 0 Å².